The van der Waals surface area contributed by atoms with Crippen LogP contribution in [-0.4, -0.2) is 48.1 Å². The molecular formula is C13H24N2O3. The van der Waals surface area contributed by atoms with Gasteiger partial charge < -0.3 is 15.3 Å². The monoisotopic (exact) mass is 256 g/mol. The molecule has 0 aromatic carbocycles. The predicted molar refractivity (Wildman–Crippen MR) is 69.3 cm³/mol. The molecule has 0 bridgehead atoms. The summed E-state index contributed by atoms with van der Waals surface area (Å²) in [6.45, 7) is 8.11. The number of carbonyl (C=O) groups is 2. The Morgan fingerprint density at radius 3 is 2.39 bits per heavy atom. The SMILES string of the molecule is CCN(CC(C)C(=O)O)C(=O)C1(C)CCNCC1. The fraction of sp³-hybridized carbons (Fsp3) is 0.846. The maximum Gasteiger partial charge on any atom is 0.308 e. The Morgan fingerprint density at radius 2 is 1.94 bits per heavy atom. The number of carboxylic acid groups (broad SMARTS) is 1. The van der Waals surface area contributed by atoms with Crippen LogP contribution >= 0.6 is 0 Å². The zero-order valence-electron chi connectivity index (χ0n) is 11.5. The molecule has 2 N–H and O–H groups in total. The number of rotatable bonds is 5. The van der Waals surface area contributed by atoms with Crippen molar-refractivity contribution < 1.29 is 14.7 Å². The van der Waals surface area contributed by atoms with Gasteiger partial charge in [0.05, 0.1) is 5.92 Å². The van der Waals surface area contributed by atoms with E-state index in [1.165, 1.54) is 0 Å². The predicted octanol–water partition coefficient (Wildman–Crippen LogP) is 0.945. The number of piperidine rings is 1. The van der Waals surface area contributed by atoms with Crippen molar-refractivity contribution in [2.24, 2.45) is 11.3 Å². The van der Waals surface area contributed by atoms with E-state index in [4.69, 9.17) is 5.11 Å². The standard InChI is InChI=1S/C13H24N2O3/c1-4-15(9-10(2)11(16)17)12(18)13(3)5-7-14-8-6-13/h10,14H,4-9H2,1-3H3,(H,16,17). The van der Waals surface area contributed by atoms with Gasteiger partial charge in [0.15, 0.2) is 0 Å². The van der Waals surface area contributed by atoms with Crippen molar-refractivity contribution in [2.45, 2.75) is 33.6 Å². The van der Waals surface area contributed by atoms with Crippen LogP contribution in [0, 0.1) is 11.3 Å². The molecule has 1 unspecified atom stereocenters. The quantitative estimate of drug-likeness (QED) is 0.768. The average molecular weight is 256 g/mol. The first-order chi connectivity index (χ1) is 8.40. The fourth-order valence-electron chi connectivity index (χ4n) is 2.34. The zero-order chi connectivity index (χ0) is 13.8. The topological polar surface area (TPSA) is 69.6 Å². The average Bonchev–Trinajstić information content (AvgIpc) is 2.35. The Morgan fingerprint density at radius 1 is 1.39 bits per heavy atom. The van der Waals surface area contributed by atoms with Crippen molar-refractivity contribution in [1.82, 2.24) is 10.2 Å². The molecule has 5 nitrogen and oxygen atoms in total. The van der Waals surface area contributed by atoms with Crippen LogP contribution in [0.4, 0.5) is 0 Å². The first-order valence-electron chi connectivity index (χ1n) is 6.63. The van der Waals surface area contributed by atoms with E-state index in [1.807, 2.05) is 13.8 Å². The molecule has 1 amide bonds. The van der Waals surface area contributed by atoms with E-state index < -0.39 is 11.9 Å². The largest absolute Gasteiger partial charge is 0.481 e. The van der Waals surface area contributed by atoms with E-state index >= 15 is 0 Å². The lowest BCUT2D eigenvalue weighted by Gasteiger charge is -2.37. The molecule has 0 aliphatic carbocycles. The second kappa shape index (κ2) is 6.18. The Kier molecular flexibility index (Phi) is 5.14. The number of carboxylic acids is 1. The lowest BCUT2D eigenvalue weighted by Crippen LogP contribution is -2.49. The van der Waals surface area contributed by atoms with Crippen LogP contribution in [0.1, 0.15) is 33.6 Å². The van der Waals surface area contributed by atoms with Crippen molar-refractivity contribution in [3.63, 3.8) is 0 Å². The number of amides is 1. The molecule has 0 aromatic heterocycles. The molecule has 5 heteroatoms. The second-order valence-corrected chi connectivity index (χ2v) is 5.39. The number of nitrogens with one attached hydrogen (secondary N) is 1. The number of aliphatic carboxylic acids is 1. The highest BCUT2D eigenvalue weighted by Gasteiger charge is 2.37. The Balaban J connectivity index is 2.69. The Hall–Kier alpha value is -1.10. The van der Waals surface area contributed by atoms with Crippen LogP contribution in [0.5, 0.6) is 0 Å². The first-order valence-corrected chi connectivity index (χ1v) is 6.63. The number of hydrogen-bond donors (Lipinski definition) is 2. The van der Waals surface area contributed by atoms with Gasteiger partial charge in [-0.3, -0.25) is 9.59 Å². The second-order valence-electron chi connectivity index (χ2n) is 5.39. The minimum Gasteiger partial charge on any atom is -0.481 e. The van der Waals surface area contributed by atoms with Crippen LogP contribution in [0.3, 0.4) is 0 Å². The van der Waals surface area contributed by atoms with Crippen LogP contribution in [0.25, 0.3) is 0 Å². The van der Waals surface area contributed by atoms with E-state index in [9.17, 15) is 9.59 Å². The molecule has 1 saturated heterocycles. The summed E-state index contributed by atoms with van der Waals surface area (Å²) in [6.07, 6.45) is 1.65. The van der Waals surface area contributed by atoms with Crippen LogP contribution in [0.2, 0.25) is 0 Å². The fourth-order valence-corrected chi connectivity index (χ4v) is 2.34. The molecule has 0 saturated carbocycles. The summed E-state index contributed by atoms with van der Waals surface area (Å²) >= 11 is 0. The molecule has 18 heavy (non-hydrogen) atoms. The lowest BCUT2D eigenvalue weighted by molar-refractivity contribution is -0.147. The summed E-state index contributed by atoms with van der Waals surface area (Å²) in [6, 6.07) is 0. The van der Waals surface area contributed by atoms with Gasteiger partial charge in [-0.05, 0) is 32.9 Å². The maximum atomic E-state index is 12.5. The van der Waals surface area contributed by atoms with Gasteiger partial charge in [-0.25, -0.2) is 0 Å². The van der Waals surface area contributed by atoms with Gasteiger partial charge in [0.1, 0.15) is 0 Å². The van der Waals surface area contributed by atoms with Gasteiger partial charge >= 0.3 is 5.97 Å². The van der Waals surface area contributed by atoms with Crippen molar-refractivity contribution >= 4 is 11.9 Å². The zero-order valence-corrected chi connectivity index (χ0v) is 11.5. The minimum absolute atomic E-state index is 0.0969. The highest BCUT2D eigenvalue weighted by Crippen LogP contribution is 2.30. The molecule has 1 aliphatic rings. The molecule has 1 rings (SSSR count). The van der Waals surface area contributed by atoms with Gasteiger partial charge in [0, 0.05) is 18.5 Å². The number of carbonyl (C=O) groups excluding carboxylic acids is 1. The van der Waals surface area contributed by atoms with Crippen molar-refractivity contribution in [1.29, 1.82) is 0 Å². The third kappa shape index (κ3) is 3.45. The number of nitrogens with zero attached hydrogens (tertiary/aromatic N) is 1. The maximum absolute atomic E-state index is 12.5. The van der Waals surface area contributed by atoms with Gasteiger partial charge in [-0.15, -0.1) is 0 Å². The van der Waals surface area contributed by atoms with Gasteiger partial charge in [-0.1, -0.05) is 13.8 Å². The highest BCUT2D eigenvalue weighted by molar-refractivity contribution is 5.83. The van der Waals surface area contributed by atoms with Crippen molar-refractivity contribution in [3.8, 4) is 0 Å². The normalized spacial score (nSPS) is 20.2. The van der Waals surface area contributed by atoms with Crippen LogP contribution in [0.15, 0.2) is 0 Å². The van der Waals surface area contributed by atoms with E-state index in [0.717, 1.165) is 25.9 Å². The Bertz CT molecular complexity index is 311. The minimum atomic E-state index is -0.850. The molecule has 0 radical (unpaired) electrons. The molecule has 1 heterocycles. The van der Waals surface area contributed by atoms with Crippen molar-refractivity contribution in [2.75, 3.05) is 26.2 Å². The molecule has 104 valence electrons. The highest BCUT2D eigenvalue weighted by atomic mass is 16.4. The molecular weight excluding hydrogens is 232 g/mol. The van der Waals surface area contributed by atoms with Gasteiger partial charge in [-0.2, -0.15) is 0 Å². The summed E-state index contributed by atoms with van der Waals surface area (Å²) in [4.78, 5) is 25.1. The van der Waals surface area contributed by atoms with Gasteiger partial charge in [0.2, 0.25) is 5.91 Å². The summed E-state index contributed by atoms with van der Waals surface area (Å²) in [5, 5.41) is 12.2. The summed E-state index contributed by atoms with van der Waals surface area (Å²) < 4.78 is 0. The van der Waals surface area contributed by atoms with E-state index in [1.54, 1.807) is 11.8 Å². The van der Waals surface area contributed by atoms with Crippen LogP contribution in [-0.2, 0) is 9.59 Å². The van der Waals surface area contributed by atoms with Crippen molar-refractivity contribution in [3.05, 3.63) is 0 Å². The third-order valence-electron chi connectivity index (χ3n) is 3.81. The summed E-state index contributed by atoms with van der Waals surface area (Å²) in [5.74, 6) is -1.27. The lowest BCUT2D eigenvalue weighted by atomic mass is 9.79. The summed E-state index contributed by atoms with van der Waals surface area (Å²) in [7, 11) is 0. The smallest absolute Gasteiger partial charge is 0.308 e. The molecule has 1 aliphatic heterocycles. The first kappa shape index (κ1) is 15.0. The Labute approximate surface area is 109 Å². The van der Waals surface area contributed by atoms with Gasteiger partial charge in [0.25, 0.3) is 0 Å². The number of hydrogen-bond acceptors (Lipinski definition) is 3. The summed E-state index contributed by atoms with van der Waals surface area (Å²) in [5.41, 5.74) is -0.334. The third-order valence-corrected chi connectivity index (χ3v) is 3.81. The molecule has 1 fully saturated rings. The van der Waals surface area contributed by atoms with E-state index in [0.29, 0.717) is 13.1 Å². The van der Waals surface area contributed by atoms with E-state index in [-0.39, 0.29) is 11.3 Å². The molecule has 0 spiro atoms. The molecule has 0 aromatic rings. The van der Waals surface area contributed by atoms with Crippen LogP contribution < -0.4 is 5.32 Å². The molecule has 1 atom stereocenters. The van der Waals surface area contributed by atoms with E-state index in [2.05, 4.69) is 5.32 Å².